The van der Waals surface area contributed by atoms with Crippen molar-refractivity contribution in [2.45, 2.75) is 50.7 Å². The first kappa shape index (κ1) is 9.97. The van der Waals surface area contributed by atoms with Gasteiger partial charge in [0.25, 0.3) is 0 Å². The van der Waals surface area contributed by atoms with Crippen LogP contribution in [0.1, 0.15) is 39.5 Å². The first-order valence-electron chi connectivity index (χ1n) is 5.29. The number of rotatable bonds is 1. The Kier molecular flexibility index (Phi) is 2.11. The highest BCUT2D eigenvalue weighted by atomic mass is 16.6. The van der Waals surface area contributed by atoms with E-state index in [2.05, 4.69) is 6.92 Å². The molecule has 1 saturated carbocycles. The van der Waals surface area contributed by atoms with E-state index in [1.54, 1.807) is 0 Å². The van der Waals surface area contributed by atoms with Crippen LogP contribution in [0.5, 0.6) is 0 Å². The molecular weight excluding hydrogens is 180 g/mol. The molecule has 2 bridgehead atoms. The molecule has 0 spiro atoms. The van der Waals surface area contributed by atoms with Crippen LogP contribution in [0.2, 0.25) is 0 Å². The number of carbonyl (C=O) groups is 1. The second-order valence-corrected chi connectivity index (χ2v) is 4.92. The number of hydrogen-bond acceptors (Lipinski definition) is 3. The molecule has 3 fully saturated rings. The van der Waals surface area contributed by atoms with E-state index in [-0.39, 0.29) is 11.6 Å². The molecule has 0 aromatic heterocycles. The third kappa shape index (κ3) is 1.26. The quantitative estimate of drug-likeness (QED) is 0.604. The van der Waals surface area contributed by atoms with Gasteiger partial charge >= 0.3 is 5.97 Å². The molecule has 0 aromatic carbocycles. The summed E-state index contributed by atoms with van der Waals surface area (Å²) in [5, 5.41) is 0. The van der Waals surface area contributed by atoms with E-state index in [1.807, 2.05) is 6.92 Å². The summed E-state index contributed by atoms with van der Waals surface area (Å²) in [5.74, 6) is 0.130. The Morgan fingerprint density at radius 2 is 1.93 bits per heavy atom. The highest BCUT2D eigenvalue weighted by molar-refractivity contribution is 5.79. The van der Waals surface area contributed by atoms with Crippen LogP contribution in [0, 0.1) is 5.92 Å². The minimum Gasteiger partial charge on any atom is -0.467 e. The van der Waals surface area contributed by atoms with Gasteiger partial charge in [-0.15, -0.1) is 0 Å². The first-order chi connectivity index (χ1) is 6.50. The molecule has 1 atom stereocenters. The van der Waals surface area contributed by atoms with Crippen molar-refractivity contribution in [1.82, 2.24) is 0 Å². The molecule has 80 valence electrons. The van der Waals surface area contributed by atoms with E-state index in [0.29, 0.717) is 5.92 Å². The van der Waals surface area contributed by atoms with Crippen LogP contribution < -0.4 is 0 Å². The molecule has 3 rings (SSSR count). The van der Waals surface area contributed by atoms with E-state index in [1.165, 1.54) is 7.11 Å². The lowest BCUT2D eigenvalue weighted by Gasteiger charge is -2.53. The lowest BCUT2D eigenvalue weighted by molar-refractivity contribution is -0.245. The van der Waals surface area contributed by atoms with Gasteiger partial charge in [0.2, 0.25) is 0 Å². The molecule has 3 heteroatoms. The van der Waals surface area contributed by atoms with Crippen molar-refractivity contribution in [2.24, 2.45) is 5.92 Å². The maximum Gasteiger partial charge on any atom is 0.338 e. The normalized spacial score (nSPS) is 46.4. The largest absolute Gasteiger partial charge is 0.467 e. The van der Waals surface area contributed by atoms with Gasteiger partial charge in [0.15, 0.2) is 5.60 Å². The molecule has 0 radical (unpaired) electrons. The third-order valence-corrected chi connectivity index (χ3v) is 3.87. The Morgan fingerprint density at radius 3 is 2.36 bits per heavy atom. The standard InChI is InChI=1S/C11H18O3/c1-10-6-4-8(5-7-10)11(2,14-10)9(12)13-3/h8H,4-7H2,1-3H3. The lowest BCUT2D eigenvalue weighted by Crippen LogP contribution is -2.59. The Balaban J connectivity index is 2.25. The van der Waals surface area contributed by atoms with E-state index in [4.69, 9.17) is 9.47 Å². The summed E-state index contributed by atoms with van der Waals surface area (Å²) in [4.78, 5) is 11.7. The fourth-order valence-electron chi connectivity index (χ4n) is 2.89. The van der Waals surface area contributed by atoms with Gasteiger partial charge in [-0.25, -0.2) is 4.79 Å². The molecule has 0 N–H and O–H groups in total. The Labute approximate surface area is 84.8 Å². The van der Waals surface area contributed by atoms with E-state index < -0.39 is 5.60 Å². The van der Waals surface area contributed by atoms with Crippen LogP contribution in [0.3, 0.4) is 0 Å². The van der Waals surface area contributed by atoms with Gasteiger partial charge in [-0.2, -0.15) is 0 Å². The highest BCUT2D eigenvalue weighted by Gasteiger charge is 2.55. The van der Waals surface area contributed by atoms with Crippen LogP contribution in [0.4, 0.5) is 0 Å². The highest BCUT2D eigenvalue weighted by Crippen LogP contribution is 2.49. The van der Waals surface area contributed by atoms with Gasteiger partial charge < -0.3 is 9.47 Å². The maximum absolute atomic E-state index is 11.7. The number of fused-ring (bicyclic) bond motifs is 3. The molecular formula is C11H18O3. The zero-order chi connectivity index (χ0) is 10.4. The fraction of sp³-hybridized carbons (Fsp3) is 0.909. The SMILES string of the molecule is COC(=O)C1(C)OC2(C)CCC1CC2. The summed E-state index contributed by atoms with van der Waals surface area (Å²) in [6, 6.07) is 0. The second-order valence-electron chi connectivity index (χ2n) is 4.92. The Hall–Kier alpha value is -0.570. The van der Waals surface area contributed by atoms with Crippen LogP contribution >= 0.6 is 0 Å². The summed E-state index contributed by atoms with van der Waals surface area (Å²) in [6.45, 7) is 3.98. The van der Waals surface area contributed by atoms with Crippen LogP contribution in [0.15, 0.2) is 0 Å². The zero-order valence-electron chi connectivity index (χ0n) is 9.13. The van der Waals surface area contributed by atoms with Crippen LogP contribution in [-0.4, -0.2) is 24.3 Å². The lowest BCUT2D eigenvalue weighted by atomic mass is 9.68. The molecule has 2 saturated heterocycles. The number of ether oxygens (including phenoxy) is 2. The van der Waals surface area contributed by atoms with Crippen molar-refractivity contribution in [2.75, 3.05) is 7.11 Å². The average molecular weight is 198 g/mol. The predicted octanol–water partition coefficient (Wildman–Crippen LogP) is 1.90. The molecule has 3 aliphatic rings. The third-order valence-electron chi connectivity index (χ3n) is 3.87. The summed E-state index contributed by atoms with van der Waals surface area (Å²) >= 11 is 0. The van der Waals surface area contributed by atoms with Crippen molar-refractivity contribution < 1.29 is 14.3 Å². The smallest absolute Gasteiger partial charge is 0.338 e. The zero-order valence-corrected chi connectivity index (χ0v) is 9.13. The first-order valence-corrected chi connectivity index (χ1v) is 5.29. The van der Waals surface area contributed by atoms with Gasteiger partial charge in [-0.1, -0.05) is 0 Å². The average Bonchev–Trinajstić information content (AvgIpc) is 2.16. The number of carbonyl (C=O) groups excluding carboxylic acids is 1. The molecule has 14 heavy (non-hydrogen) atoms. The molecule has 2 aliphatic heterocycles. The van der Waals surface area contributed by atoms with Gasteiger partial charge in [-0.05, 0) is 45.4 Å². The van der Waals surface area contributed by atoms with Crippen LogP contribution in [-0.2, 0) is 14.3 Å². The van der Waals surface area contributed by atoms with Crippen molar-refractivity contribution >= 4 is 5.97 Å². The predicted molar refractivity (Wildman–Crippen MR) is 51.9 cm³/mol. The van der Waals surface area contributed by atoms with Crippen molar-refractivity contribution in [3.8, 4) is 0 Å². The molecule has 2 heterocycles. The number of hydrogen-bond donors (Lipinski definition) is 0. The molecule has 0 amide bonds. The maximum atomic E-state index is 11.7. The van der Waals surface area contributed by atoms with Crippen molar-refractivity contribution in [3.63, 3.8) is 0 Å². The molecule has 3 nitrogen and oxygen atoms in total. The summed E-state index contributed by atoms with van der Waals surface area (Å²) in [6.07, 6.45) is 4.32. The molecule has 0 aromatic rings. The fourth-order valence-corrected chi connectivity index (χ4v) is 2.89. The van der Waals surface area contributed by atoms with Gasteiger partial charge in [0.1, 0.15) is 0 Å². The summed E-state index contributed by atoms with van der Waals surface area (Å²) in [5.41, 5.74) is -0.794. The van der Waals surface area contributed by atoms with Crippen LogP contribution in [0.25, 0.3) is 0 Å². The van der Waals surface area contributed by atoms with Gasteiger partial charge in [-0.3, -0.25) is 0 Å². The monoisotopic (exact) mass is 198 g/mol. The van der Waals surface area contributed by atoms with E-state index >= 15 is 0 Å². The van der Waals surface area contributed by atoms with Crippen molar-refractivity contribution in [1.29, 1.82) is 0 Å². The van der Waals surface area contributed by atoms with E-state index in [9.17, 15) is 4.79 Å². The van der Waals surface area contributed by atoms with Crippen molar-refractivity contribution in [3.05, 3.63) is 0 Å². The molecule has 1 aliphatic carbocycles. The Morgan fingerprint density at radius 1 is 1.36 bits per heavy atom. The number of esters is 1. The second kappa shape index (κ2) is 2.96. The van der Waals surface area contributed by atoms with Gasteiger partial charge in [0, 0.05) is 0 Å². The summed E-state index contributed by atoms with van der Waals surface area (Å²) in [7, 11) is 1.43. The Bertz CT molecular complexity index is 253. The van der Waals surface area contributed by atoms with E-state index in [0.717, 1.165) is 25.7 Å². The topological polar surface area (TPSA) is 35.5 Å². The minimum absolute atomic E-state index is 0.0995. The number of methoxy groups -OCH3 is 1. The minimum atomic E-state index is -0.694. The van der Waals surface area contributed by atoms with Gasteiger partial charge in [0.05, 0.1) is 12.7 Å². The summed E-state index contributed by atoms with van der Waals surface area (Å²) < 4.78 is 10.8. The molecule has 1 unspecified atom stereocenters.